The zero-order valence-corrected chi connectivity index (χ0v) is 18.0. The van der Waals surface area contributed by atoms with Crippen molar-refractivity contribution in [2.75, 3.05) is 41.1 Å². The average Bonchev–Trinajstić information content (AvgIpc) is 2.77. The summed E-state index contributed by atoms with van der Waals surface area (Å²) in [5.41, 5.74) is 3.79. The maximum Gasteiger partial charge on any atom is 0.256 e. The molecule has 0 radical (unpaired) electrons. The summed E-state index contributed by atoms with van der Waals surface area (Å²) in [4.78, 5) is 36.7. The van der Waals surface area contributed by atoms with Gasteiger partial charge in [0.15, 0.2) is 0 Å². The molecule has 0 spiro atoms. The smallest absolute Gasteiger partial charge is 0.256 e. The van der Waals surface area contributed by atoms with Crippen molar-refractivity contribution < 1.29 is 14.0 Å². The minimum atomic E-state index is -0.396. The Bertz CT molecular complexity index is 1160. The third-order valence-corrected chi connectivity index (χ3v) is 5.29. The predicted octanol–water partition coefficient (Wildman–Crippen LogP) is 3.20. The molecule has 0 saturated carbocycles. The minimum absolute atomic E-state index is 0.0308. The van der Waals surface area contributed by atoms with Crippen LogP contribution in [-0.2, 0) is 11.3 Å². The third kappa shape index (κ3) is 4.36. The van der Waals surface area contributed by atoms with Gasteiger partial charge >= 0.3 is 0 Å². The number of hydrogen-bond donors (Lipinski definition) is 2. The van der Waals surface area contributed by atoms with Crippen molar-refractivity contribution in [3.05, 3.63) is 71.3 Å². The molecule has 2 amide bonds. The van der Waals surface area contributed by atoms with E-state index in [2.05, 4.69) is 20.6 Å². The Labute approximate surface area is 185 Å². The van der Waals surface area contributed by atoms with Crippen molar-refractivity contribution in [3.8, 4) is 0 Å². The van der Waals surface area contributed by atoms with Crippen molar-refractivity contribution in [1.82, 2.24) is 9.97 Å². The number of amides is 2. The summed E-state index contributed by atoms with van der Waals surface area (Å²) in [6.45, 7) is 2.69. The molecule has 3 aromatic rings. The molecule has 0 saturated heterocycles. The van der Waals surface area contributed by atoms with Gasteiger partial charge in [-0.2, -0.15) is 0 Å². The van der Waals surface area contributed by atoms with Crippen LogP contribution in [0.15, 0.2) is 48.7 Å². The van der Waals surface area contributed by atoms with Gasteiger partial charge < -0.3 is 20.4 Å². The first-order valence-corrected chi connectivity index (χ1v) is 10.1. The van der Waals surface area contributed by atoms with Crippen LogP contribution in [0.4, 0.5) is 27.4 Å². The molecule has 1 aromatic carbocycles. The van der Waals surface area contributed by atoms with Crippen LogP contribution in [0, 0.1) is 12.7 Å². The number of carbonyl (C=O) groups excluding carboxylic acids is 2. The number of nitrogens with one attached hydrogen (secondary N) is 2. The maximum absolute atomic E-state index is 13.0. The van der Waals surface area contributed by atoms with Gasteiger partial charge in [0.25, 0.3) is 5.91 Å². The normalized spacial score (nSPS) is 13.1. The maximum atomic E-state index is 13.0. The topological polar surface area (TPSA) is 90.5 Å². The van der Waals surface area contributed by atoms with Crippen molar-refractivity contribution in [1.29, 1.82) is 0 Å². The largest absolute Gasteiger partial charge is 0.366 e. The van der Waals surface area contributed by atoms with Crippen molar-refractivity contribution in [3.63, 3.8) is 0 Å². The fourth-order valence-electron chi connectivity index (χ4n) is 3.55. The lowest BCUT2D eigenvalue weighted by Gasteiger charge is -2.34. The molecule has 2 aromatic heterocycles. The van der Waals surface area contributed by atoms with Gasteiger partial charge in [-0.3, -0.25) is 9.59 Å². The first-order chi connectivity index (χ1) is 15.3. The summed E-state index contributed by atoms with van der Waals surface area (Å²) in [7, 11) is 3.65. The lowest BCUT2D eigenvalue weighted by Crippen LogP contribution is -2.42. The van der Waals surface area contributed by atoms with Crippen LogP contribution in [0.25, 0.3) is 0 Å². The zero-order chi connectivity index (χ0) is 22.8. The first kappa shape index (κ1) is 21.2. The second-order valence-corrected chi connectivity index (χ2v) is 7.64. The number of benzene rings is 1. The lowest BCUT2D eigenvalue weighted by atomic mass is 10.1. The van der Waals surface area contributed by atoms with E-state index in [1.165, 1.54) is 24.3 Å². The number of anilines is 4. The second kappa shape index (κ2) is 8.62. The van der Waals surface area contributed by atoms with Gasteiger partial charge in [-0.15, -0.1) is 0 Å². The SMILES string of the molecule is Cc1nc(NCc2ccc(NC(=O)c3ccc(F)cc3)nc2)cc2c1N(C)C(=O)CN2C. The average molecular weight is 434 g/mol. The number of aromatic nitrogens is 2. The standard InChI is InChI=1S/C23H23FN6O2/c1-14-22-18(29(2)13-21(31)30(22)3)10-20(27-14)26-12-15-4-9-19(25-11-15)28-23(32)16-5-7-17(24)8-6-16/h4-11H,12-13H2,1-3H3,(H,26,27)(H,25,28,32). The number of carbonyl (C=O) groups is 2. The molecule has 164 valence electrons. The van der Waals surface area contributed by atoms with Gasteiger partial charge in [-0.25, -0.2) is 14.4 Å². The van der Waals surface area contributed by atoms with Gasteiger partial charge in [0, 0.05) is 38.5 Å². The summed E-state index contributed by atoms with van der Waals surface area (Å²) in [5.74, 6) is 0.380. The fraction of sp³-hybridized carbons (Fsp3) is 0.217. The molecule has 1 aliphatic rings. The summed E-state index contributed by atoms with van der Waals surface area (Å²) in [6, 6.07) is 10.8. The highest BCUT2D eigenvalue weighted by atomic mass is 19.1. The van der Waals surface area contributed by atoms with Crippen LogP contribution in [0.1, 0.15) is 21.6 Å². The molecule has 0 atom stereocenters. The van der Waals surface area contributed by atoms with E-state index in [1.807, 2.05) is 31.0 Å². The molecule has 0 aliphatic carbocycles. The van der Waals surface area contributed by atoms with Crippen LogP contribution in [0.3, 0.4) is 0 Å². The molecule has 0 bridgehead atoms. The molecule has 9 heteroatoms. The van der Waals surface area contributed by atoms with E-state index in [0.29, 0.717) is 30.3 Å². The molecule has 0 fully saturated rings. The number of likely N-dealkylation sites (N-methyl/N-ethyl adjacent to an activating group) is 2. The highest BCUT2D eigenvalue weighted by Crippen LogP contribution is 2.35. The van der Waals surface area contributed by atoms with Crippen LogP contribution < -0.4 is 20.4 Å². The van der Waals surface area contributed by atoms with E-state index in [4.69, 9.17) is 0 Å². The molecule has 3 heterocycles. The number of pyridine rings is 2. The first-order valence-electron chi connectivity index (χ1n) is 10.1. The lowest BCUT2D eigenvalue weighted by molar-refractivity contribution is -0.117. The van der Waals surface area contributed by atoms with Gasteiger partial charge in [-0.05, 0) is 42.8 Å². The summed E-state index contributed by atoms with van der Waals surface area (Å²) in [5, 5.41) is 5.98. The zero-order valence-electron chi connectivity index (χ0n) is 18.0. The van der Waals surface area contributed by atoms with E-state index >= 15 is 0 Å². The number of hydrogen-bond acceptors (Lipinski definition) is 6. The number of nitrogens with zero attached hydrogens (tertiary/aromatic N) is 4. The van der Waals surface area contributed by atoms with E-state index in [1.54, 1.807) is 24.2 Å². The van der Waals surface area contributed by atoms with E-state index in [9.17, 15) is 14.0 Å². The molecular formula is C23H23FN6O2. The molecule has 32 heavy (non-hydrogen) atoms. The van der Waals surface area contributed by atoms with Gasteiger partial charge in [-0.1, -0.05) is 6.07 Å². The van der Waals surface area contributed by atoms with Crippen molar-refractivity contribution in [2.45, 2.75) is 13.5 Å². The van der Waals surface area contributed by atoms with Crippen LogP contribution in [0.2, 0.25) is 0 Å². The molecular weight excluding hydrogens is 411 g/mol. The Morgan fingerprint density at radius 1 is 1.12 bits per heavy atom. The number of rotatable bonds is 5. The molecule has 0 unspecified atom stereocenters. The van der Waals surface area contributed by atoms with Crippen LogP contribution in [-0.4, -0.2) is 42.4 Å². The van der Waals surface area contributed by atoms with Crippen molar-refractivity contribution >= 4 is 34.8 Å². The van der Waals surface area contributed by atoms with Crippen LogP contribution in [0.5, 0.6) is 0 Å². The third-order valence-electron chi connectivity index (χ3n) is 5.29. The Balaban J connectivity index is 1.41. The van der Waals surface area contributed by atoms with Gasteiger partial charge in [0.05, 0.1) is 23.6 Å². The van der Waals surface area contributed by atoms with Gasteiger partial charge in [0.1, 0.15) is 17.5 Å². The second-order valence-electron chi connectivity index (χ2n) is 7.64. The number of halogens is 1. The van der Waals surface area contributed by atoms with Crippen molar-refractivity contribution in [2.24, 2.45) is 0 Å². The van der Waals surface area contributed by atoms with E-state index < -0.39 is 5.82 Å². The van der Waals surface area contributed by atoms with E-state index in [0.717, 1.165) is 22.6 Å². The quantitative estimate of drug-likeness (QED) is 0.641. The Morgan fingerprint density at radius 2 is 1.88 bits per heavy atom. The fourth-order valence-corrected chi connectivity index (χ4v) is 3.55. The minimum Gasteiger partial charge on any atom is -0.366 e. The highest BCUT2D eigenvalue weighted by Gasteiger charge is 2.27. The summed E-state index contributed by atoms with van der Waals surface area (Å²) < 4.78 is 13.0. The summed E-state index contributed by atoms with van der Waals surface area (Å²) in [6.07, 6.45) is 1.66. The Morgan fingerprint density at radius 3 is 2.56 bits per heavy atom. The monoisotopic (exact) mass is 434 g/mol. The number of aryl methyl sites for hydroxylation is 1. The molecule has 4 rings (SSSR count). The highest BCUT2D eigenvalue weighted by molar-refractivity contribution is 6.04. The predicted molar refractivity (Wildman–Crippen MR) is 122 cm³/mol. The Hall–Kier alpha value is -4.01. The number of fused-ring (bicyclic) bond motifs is 1. The van der Waals surface area contributed by atoms with E-state index in [-0.39, 0.29) is 11.8 Å². The van der Waals surface area contributed by atoms with Gasteiger partial charge in [0.2, 0.25) is 5.91 Å². The Kier molecular flexibility index (Phi) is 5.72. The molecule has 8 nitrogen and oxygen atoms in total. The summed E-state index contributed by atoms with van der Waals surface area (Å²) >= 11 is 0. The van der Waals surface area contributed by atoms with Crippen LogP contribution >= 0.6 is 0 Å². The molecule has 1 aliphatic heterocycles. The molecule has 2 N–H and O–H groups in total.